The predicted octanol–water partition coefficient (Wildman–Crippen LogP) is 4.58. The fourth-order valence-corrected chi connectivity index (χ4v) is 4.25. The Morgan fingerprint density at radius 2 is 1.52 bits per heavy atom. The van der Waals surface area contributed by atoms with E-state index in [0.717, 1.165) is 47.2 Å². The minimum Gasteiger partial charge on any atom is -0.465 e. The van der Waals surface area contributed by atoms with Crippen LogP contribution >= 0.6 is 15.9 Å². The molecule has 0 radical (unpaired) electrons. The van der Waals surface area contributed by atoms with Crippen LogP contribution in [0.25, 0.3) is 0 Å². The lowest BCUT2D eigenvalue weighted by molar-refractivity contribution is -0.117. The van der Waals surface area contributed by atoms with Crippen LogP contribution in [0.15, 0.2) is 51.4 Å². The van der Waals surface area contributed by atoms with Crippen molar-refractivity contribution in [1.82, 2.24) is 0 Å². The minimum absolute atomic E-state index is 0.126. The lowest BCUT2D eigenvalue weighted by Gasteiger charge is -2.36. The Balaban J connectivity index is 1.92. The molecule has 0 atom stereocenters. The Labute approximate surface area is 143 Å². The van der Waals surface area contributed by atoms with Crippen LogP contribution in [0, 0.1) is 0 Å². The van der Waals surface area contributed by atoms with E-state index in [9.17, 15) is 9.59 Å². The van der Waals surface area contributed by atoms with Gasteiger partial charge >= 0.3 is 0 Å². The zero-order valence-electron chi connectivity index (χ0n) is 12.7. The molecule has 0 aromatic heterocycles. The maximum absolute atomic E-state index is 12.6. The summed E-state index contributed by atoms with van der Waals surface area (Å²) in [7, 11) is 0. The number of Topliss-reactive ketones (excluding diaryl/α,β-unsaturated/α-hetero) is 2. The van der Waals surface area contributed by atoms with Gasteiger partial charge in [-0.25, -0.2) is 0 Å². The second-order valence-corrected chi connectivity index (χ2v) is 7.23. The van der Waals surface area contributed by atoms with E-state index in [0.29, 0.717) is 24.0 Å². The molecule has 1 aromatic rings. The summed E-state index contributed by atoms with van der Waals surface area (Å²) in [6, 6.07) is 7.92. The number of benzene rings is 1. The first kappa shape index (κ1) is 14.9. The number of ketones is 2. The van der Waals surface area contributed by atoms with Crippen LogP contribution in [0.1, 0.15) is 50.0 Å². The number of ether oxygens (including phenoxy) is 1. The monoisotopic (exact) mass is 372 g/mol. The van der Waals surface area contributed by atoms with Crippen LogP contribution in [-0.4, -0.2) is 11.6 Å². The summed E-state index contributed by atoms with van der Waals surface area (Å²) in [5.74, 6) is 1.58. The molecular formula is C19H17BrO3. The first-order valence-electron chi connectivity index (χ1n) is 8.11. The summed E-state index contributed by atoms with van der Waals surface area (Å²) in [5.41, 5.74) is 2.42. The third kappa shape index (κ3) is 2.49. The fourth-order valence-electron chi connectivity index (χ4n) is 3.84. The molecule has 2 aliphatic carbocycles. The van der Waals surface area contributed by atoms with Crippen molar-refractivity contribution in [2.45, 2.75) is 44.4 Å². The van der Waals surface area contributed by atoms with Crippen LogP contribution in [0.2, 0.25) is 0 Å². The van der Waals surface area contributed by atoms with Crippen molar-refractivity contribution in [2.24, 2.45) is 0 Å². The summed E-state index contributed by atoms with van der Waals surface area (Å²) < 4.78 is 6.98. The zero-order chi connectivity index (χ0) is 16.0. The van der Waals surface area contributed by atoms with Gasteiger partial charge in [-0.3, -0.25) is 9.59 Å². The SMILES string of the molecule is O=C1CCCC2=C1C(c1cccc(Br)c1)C1=C(CCCC1=O)O2. The molecule has 3 nitrogen and oxygen atoms in total. The van der Waals surface area contributed by atoms with Crippen molar-refractivity contribution < 1.29 is 14.3 Å². The highest BCUT2D eigenvalue weighted by Gasteiger charge is 2.41. The zero-order valence-corrected chi connectivity index (χ0v) is 14.3. The van der Waals surface area contributed by atoms with Gasteiger partial charge < -0.3 is 4.74 Å². The van der Waals surface area contributed by atoms with Gasteiger partial charge in [0, 0.05) is 47.2 Å². The molecule has 4 heteroatoms. The van der Waals surface area contributed by atoms with E-state index in [-0.39, 0.29) is 17.5 Å². The average Bonchev–Trinajstić information content (AvgIpc) is 2.53. The number of hydrogen-bond acceptors (Lipinski definition) is 3. The van der Waals surface area contributed by atoms with Gasteiger partial charge in [0.2, 0.25) is 0 Å². The van der Waals surface area contributed by atoms with Crippen molar-refractivity contribution in [1.29, 1.82) is 0 Å². The Morgan fingerprint density at radius 1 is 0.913 bits per heavy atom. The topological polar surface area (TPSA) is 43.4 Å². The molecule has 0 spiro atoms. The highest BCUT2D eigenvalue weighted by Crippen LogP contribution is 2.47. The first-order chi connectivity index (χ1) is 11.1. The fraction of sp³-hybridized carbons (Fsp3) is 0.368. The summed E-state index contributed by atoms with van der Waals surface area (Å²) in [6.07, 6.45) is 4.33. The molecular weight excluding hydrogens is 356 g/mol. The van der Waals surface area contributed by atoms with Crippen molar-refractivity contribution in [3.8, 4) is 0 Å². The molecule has 4 rings (SSSR count). The quantitative estimate of drug-likeness (QED) is 0.724. The Morgan fingerprint density at radius 3 is 2.09 bits per heavy atom. The van der Waals surface area contributed by atoms with Crippen LogP contribution in [0.5, 0.6) is 0 Å². The Bertz CT molecular complexity index is 731. The van der Waals surface area contributed by atoms with Gasteiger partial charge in [0.1, 0.15) is 11.5 Å². The van der Waals surface area contributed by atoms with E-state index < -0.39 is 0 Å². The molecule has 0 fully saturated rings. The van der Waals surface area contributed by atoms with Gasteiger partial charge in [-0.15, -0.1) is 0 Å². The molecule has 1 heterocycles. The van der Waals surface area contributed by atoms with E-state index in [1.165, 1.54) is 0 Å². The Kier molecular flexibility index (Phi) is 3.72. The second kappa shape index (κ2) is 5.75. The molecule has 23 heavy (non-hydrogen) atoms. The number of allylic oxidation sites excluding steroid dienone is 4. The lowest BCUT2D eigenvalue weighted by Crippen LogP contribution is -2.30. The van der Waals surface area contributed by atoms with Gasteiger partial charge in [-0.2, -0.15) is 0 Å². The number of carbonyl (C=O) groups excluding carboxylic acids is 2. The summed E-state index contributed by atoms with van der Waals surface area (Å²) >= 11 is 3.50. The lowest BCUT2D eigenvalue weighted by atomic mass is 9.73. The number of rotatable bonds is 1. The first-order valence-corrected chi connectivity index (χ1v) is 8.90. The molecule has 0 unspecified atom stereocenters. The van der Waals surface area contributed by atoms with Crippen molar-refractivity contribution in [3.63, 3.8) is 0 Å². The van der Waals surface area contributed by atoms with E-state index in [1.807, 2.05) is 24.3 Å². The molecule has 118 valence electrons. The maximum Gasteiger partial charge on any atom is 0.163 e. The van der Waals surface area contributed by atoms with Gasteiger partial charge in [-0.05, 0) is 30.5 Å². The number of carbonyl (C=O) groups is 2. The van der Waals surface area contributed by atoms with Crippen LogP contribution in [0.3, 0.4) is 0 Å². The van der Waals surface area contributed by atoms with E-state index in [2.05, 4.69) is 15.9 Å². The average molecular weight is 373 g/mol. The molecule has 0 saturated carbocycles. The van der Waals surface area contributed by atoms with Gasteiger partial charge in [0.05, 0.1) is 0 Å². The predicted molar refractivity (Wildman–Crippen MR) is 89.7 cm³/mol. The maximum atomic E-state index is 12.6. The van der Waals surface area contributed by atoms with Crippen molar-refractivity contribution >= 4 is 27.5 Å². The van der Waals surface area contributed by atoms with Crippen LogP contribution < -0.4 is 0 Å². The normalized spacial score (nSPS) is 22.0. The summed E-state index contributed by atoms with van der Waals surface area (Å²) in [6.45, 7) is 0. The molecule has 1 aliphatic heterocycles. The van der Waals surface area contributed by atoms with Crippen molar-refractivity contribution in [2.75, 3.05) is 0 Å². The summed E-state index contributed by atoms with van der Waals surface area (Å²) in [4.78, 5) is 25.2. The molecule has 0 bridgehead atoms. The highest BCUT2D eigenvalue weighted by molar-refractivity contribution is 9.10. The van der Waals surface area contributed by atoms with Gasteiger partial charge in [0.15, 0.2) is 11.6 Å². The van der Waals surface area contributed by atoms with Gasteiger partial charge in [-0.1, -0.05) is 28.1 Å². The number of hydrogen-bond donors (Lipinski definition) is 0. The van der Waals surface area contributed by atoms with Gasteiger partial charge in [0.25, 0.3) is 0 Å². The highest BCUT2D eigenvalue weighted by atomic mass is 79.9. The smallest absolute Gasteiger partial charge is 0.163 e. The van der Waals surface area contributed by atoms with E-state index in [1.54, 1.807) is 0 Å². The molecule has 1 aromatic carbocycles. The second-order valence-electron chi connectivity index (χ2n) is 6.32. The van der Waals surface area contributed by atoms with Crippen LogP contribution in [-0.2, 0) is 14.3 Å². The Hall–Kier alpha value is -1.68. The largest absolute Gasteiger partial charge is 0.465 e. The molecule has 0 amide bonds. The van der Waals surface area contributed by atoms with Crippen LogP contribution in [0.4, 0.5) is 0 Å². The third-order valence-corrected chi connectivity index (χ3v) is 5.32. The van der Waals surface area contributed by atoms with Crippen molar-refractivity contribution in [3.05, 3.63) is 57.0 Å². The third-order valence-electron chi connectivity index (χ3n) is 4.82. The van der Waals surface area contributed by atoms with E-state index >= 15 is 0 Å². The number of halogens is 1. The van der Waals surface area contributed by atoms with E-state index in [4.69, 9.17) is 4.74 Å². The summed E-state index contributed by atoms with van der Waals surface area (Å²) in [5, 5.41) is 0. The molecule has 0 N–H and O–H groups in total. The molecule has 3 aliphatic rings. The molecule has 0 saturated heterocycles. The standard InChI is InChI=1S/C19H17BrO3/c20-12-5-1-4-11(10-12)17-18-13(21)6-2-8-15(18)23-16-9-3-7-14(22)19(16)17/h1,4-5,10,17H,2-3,6-9H2. The minimum atomic E-state index is -0.258.